The smallest absolute Gasteiger partial charge is 0.443 e. The Bertz CT molecular complexity index is 3690. The number of nitrogens with zero attached hydrogens (tertiary/aromatic N) is 4. The molecule has 2 aromatic carbocycles. The molecule has 2 heterocycles. The van der Waals surface area contributed by atoms with Crippen LogP contribution in [0.15, 0.2) is 47.5 Å². The number of rotatable bonds is 9. The molecule has 10 fully saturated rings. The maximum absolute atomic E-state index is 13.8. The number of hydrogen-bond acceptors (Lipinski definition) is 22. The van der Waals surface area contributed by atoms with Gasteiger partial charge in [0.1, 0.15) is 45.4 Å². The number of esters is 4. The summed E-state index contributed by atoms with van der Waals surface area (Å²) in [6.45, 7) is 30.9. The summed E-state index contributed by atoms with van der Waals surface area (Å²) in [5.41, 5.74) is -4.79. The number of ketones is 1. The molecule has 8 saturated carbocycles. The van der Waals surface area contributed by atoms with Gasteiger partial charge in [0.15, 0.2) is 12.8 Å². The minimum Gasteiger partial charge on any atom is -0.443 e. The number of benzene rings is 2. The molecule has 0 N–H and O–H groups in total. The van der Waals surface area contributed by atoms with Crippen LogP contribution in [0.1, 0.15) is 207 Å². The summed E-state index contributed by atoms with van der Waals surface area (Å²) in [6, 6.07) is 10.1. The lowest BCUT2D eigenvalue weighted by molar-refractivity contribution is -0.309. The fourth-order valence-corrected chi connectivity index (χ4v) is 19.5. The minimum absolute atomic E-state index is 0.00576. The number of Topliss-reactive ketones (excluding diaryl/α,β-unsaturated/α-hetero) is 1. The Morgan fingerprint density at radius 1 is 0.505 bits per heavy atom. The maximum atomic E-state index is 13.8. The zero-order valence-electron chi connectivity index (χ0n) is 62.7. The third kappa shape index (κ3) is 20.1. The van der Waals surface area contributed by atoms with Gasteiger partial charge in [-0.05, 0) is 261 Å². The highest BCUT2D eigenvalue weighted by Crippen LogP contribution is 2.62. The number of hydrogen-bond donors (Lipinski definition) is 0. The average Bonchev–Trinajstić information content (AvgIpc) is 0.720. The van der Waals surface area contributed by atoms with Crippen molar-refractivity contribution in [3.05, 3.63) is 60.7 Å². The second-order valence-electron chi connectivity index (χ2n) is 34.0. The molecule has 0 unspecified atom stereocenters. The van der Waals surface area contributed by atoms with E-state index in [1.165, 1.54) is 38.9 Å². The first-order valence-corrected chi connectivity index (χ1v) is 39.4. The average molecular weight is 1660 g/mol. The summed E-state index contributed by atoms with van der Waals surface area (Å²) in [5.74, 6) is -3.64. The van der Waals surface area contributed by atoms with Crippen molar-refractivity contribution in [3.8, 4) is 5.75 Å². The Labute approximate surface area is 622 Å². The molecular formula is C75H100I2N4O22. The van der Waals surface area contributed by atoms with Gasteiger partial charge in [0.05, 0.1) is 6.54 Å². The van der Waals surface area contributed by atoms with Gasteiger partial charge in [0.2, 0.25) is 5.96 Å². The first kappa shape index (κ1) is 80.0. The normalized spacial score (nSPS) is 26.0. The third-order valence-electron chi connectivity index (χ3n) is 18.3. The number of guanidine groups is 1. The number of amides is 5. The lowest BCUT2D eigenvalue weighted by Gasteiger charge is -2.59. The van der Waals surface area contributed by atoms with E-state index >= 15 is 0 Å². The third-order valence-corrected chi connectivity index (χ3v) is 24.1. The summed E-state index contributed by atoms with van der Waals surface area (Å²) in [4.78, 5) is 154. The Morgan fingerprint density at radius 3 is 1.31 bits per heavy atom. The Hall–Kier alpha value is -7.12. The van der Waals surface area contributed by atoms with Crippen molar-refractivity contribution in [2.75, 3.05) is 7.05 Å². The maximum Gasteiger partial charge on any atom is 0.514 e. The van der Waals surface area contributed by atoms with Crippen LogP contribution in [0.5, 0.6) is 5.75 Å². The molecule has 2 spiro atoms. The molecule has 8 bridgehead atoms. The molecular weight excluding hydrogens is 1560 g/mol. The van der Waals surface area contributed by atoms with E-state index in [2.05, 4.69) is 4.99 Å². The van der Waals surface area contributed by atoms with E-state index in [1.54, 1.807) is 155 Å². The Morgan fingerprint density at radius 2 is 0.903 bits per heavy atom. The Kier molecular flexibility index (Phi) is 23.3. The minimum atomic E-state index is -1.62. The van der Waals surface area contributed by atoms with Crippen LogP contribution in [0.25, 0.3) is 0 Å². The second kappa shape index (κ2) is 30.0. The summed E-state index contributed by atoms with van der Waals surface area (Å²) in [5, 5.41) is 0. The van der Waals surface area contributed by atoms with Crippen molar-refractivity contribution in [2.45, 2.75) is 260 Å². The van der Waals surface area contributed by atoms with Gasteiger partial charge in [-0.2, -0.15) is 0 Å². The van der Waals surface area contributed by atoms with Crippen molar-refractivity contribution in [2.24, 2.45) is 52.3 Å². The molecule has 2 saturated heterocycles. The number of halogens is 2. The lowest BCUT2D eigenvalue weighted by atomic mass is 9.53. The van der Waals surface area contributed by atoms with Crippen molar-refractivity contribution in [3.63, 3.8) is 0 Å². The highest BCUT2D eigenvalue weighted by Gasteiger charge is 2.66. The molecule has 0 aromatic heterocycles. The SMILES string of the molecule is CC(=O)[C@H](Cc1cc(OC(=O)OC(C)(C)C)ccc1I=C1C(=O)OC2(OC1=O)C1CC3CC(C1)CC2C3)N(C(=O)OC(C)(C)C)C(=O)OC(C)(C)C.CN(C(=O)OC(C)(C)C)C(=NC(=O)OC(C)(C)C)N(Cc1cccc(I=C2C(=O)OC3(OC2=O)C2CC4CC(C2)CC3C4)c1)C(=O)OC(C)(C)C. The topological polar surface area (TPSA) is 311 Å². The van der Waals surface area contributed by atoms with Crippen LogP contribution in [0.2, 0.25) is 0 Å². The Balaban J connectivity index is 0.000000239. The van der Waals surface area contributed by atoms with Crippen LogP contribution in [-0.4, -0.2) is 152 Å². The zero-order valence-corrected chi connectivity index (χ0v) is 67.1. The largest absolute Gasteiger partial charge is 0.514 e. The van der Waals surface area contributed by atoms with E-state index < -0.39 is 159 Å². The molecule has 1 atom stereocenters. The first-order valence-electron chi connectivity index (χ1n) is 35.1. The van der Waals surface area contributed by atoms with Gasteiger partial charge in [0, 0.05) is 44.3 Å². The van der Waals surface area contributed by atoms with Gasteiger partial charge in [-0.3, -0.25) is 4.79 Å². The number of imide groups is 1. The fraction of sp³-hybridized carbons (Fsp3) is 0.653. The predicted octanol–water partition coefficient (Wildman–Crippen LogP) is 14.4. The van der Waals surface area contributed by atoms with Crippen LogP contribution < -0.4 is 4.74 Å². The van der Waals surface area contributed by atoms with E-state index in [9.17, 15) is 52.7 Å². The number of carbonyl (C=O) groups is 11. The zero-order chi connectivity index (χ0) is 76.2. The predicted molar refractivity (Wildman–Crippen MR) is 391 cm³/mol. The standard InChI is InChI=1S/C38H50INO12.C37H50IN3O10/c1-20(41)28(40(32(44)50-35(2,3)4)33(45)51-36(5,6)7)19-23-18-26(47-34(46)52-37(8,9)10)11-12-27(23)39-29-30(42)48-38(49-31(29)43)24-14-21-13-22(16-24)17-25(38)15-21;1-34(2,3)49-31(44)39-30(40(10)32(45)50-35(4,5)6)41(33(46)51-36(7,8)9)20-21-12-11-13-26(19-21)38-27-28(42)47-37(48-29(27)43)24-15-22-14-23(17-24)18-25(37)16-22/h11-12,18,21-22,24-25,28H,13-17,19H2,1-10H3;11-13,19,22-25H,14-18,20H2,1-10H3/t21?,22?,24?,25?,28-;/m0./s1. The molecule has 2 aromatic rings. The van der Waals surface area contributed by atoms with Gasteiger partial charge in [-0.25, -0.2) is 62.6 Å². The molecule has 5 amide bonds. The van der Waals surface area contributed by atoms with E-state index in [0.29, 0.717) is 46.8 Å². The highest BCUT2D eigenvalue weighted by atomic mass is 127. The summed E-state index contributed by atoms with van der Waals surface area (Å²) >= 11 is -2.98. The van der Waals surface area contributed by atoms with Crippen LogP contribution in [-0.2, 0) is 84.3 Å². The highest BCUT2D eigenvalue weighted by molar-refractivity contribution is 14.2. The van der Waals surface area contributed by atoms with E-state index in [1.807, 2.05) is 0 Å². The van der Waals surface area contributed by atoms with E-state index in [0.717, 1.165) is 61.2 Å². The number of aliphatic imine (C=N–C) groups is 1. The van der Waals surface area contributed by atoms with Crippen LogP contribution in [0, 0.1) is 54.5 Å². The summed E-state index contributed by atoms with van der Waals surface area (Å²) in [7, 11) is 1.32. The molecule has 28 heteroatoms. The number of ether oxygens (including phenoxy) is 11. The monoisotopic (exact) mass is 1660 g/mol. The molecule has 103 heavy (non-hydrogen) atoms. The first-order chi connectivity index (χ1) is 47.4. The van der Waals surface area contributed by atoms with Crippen molar-refractivity contribution >= 4 is 121 Å². The second-order valence-corrected chi connectivity index (χ2v) is 39.7. The molecule has 566 valence electrons. The van der Waals surface area contributed by atoms with E-state index in [-0.39, 0.29) is 55.4 Å². The van der Waals surface area contributed by atoms with Crippen LogP contribution in [0.4, 0.5) is 28.8 Å². The van der Waals surface area contributed by atoms with Crippen molar-refractivity contribution in [1.82, 2.24) is 14.7 Å². The molecule has 10 aliphatic rings. The number of carbonyl (C=O) groups excluding carboxylic acids is 11. The molecule has 26 nitrogen and oxygen atoms in total. The van der Waals surface area contributed by atoms with Gasteiger partial charge < -0.3 is 52.1 Å². The lowest BCUT2D eigenvalue weighted by Crippen LogP contribution is -2.65. The molecule has 0 radical (unpaired) electrons. The van der Waals surface area contributed by atoms with Gasteiger partial charge >= 0.3 is 60.5 Å². The summed E-state index contributed by atoms with van der Waals surface area (Å²) in [6.07, 6.45) is 3.19. The van der Waals surface area contributed by atoms with Crippen molar-refractivity contribution in [1.29, 1.82) is 0 Å². The van der Waals surface area contributed by atoms with E-state index in [4.69, 9.17) is 52.1 Å². The molecule has 8 aliphatic carbocycles. The van der Waals surface area contributed by atoms with Crippen molar-refractivity contribution < 1.29 is 105 Å². The van der Waals surface area contributed by atoms with Gasteiger partial charge in [-0.15, -0.1) is 4.99 Å². The molecule has 2 aliphatic heterocycles. The van der Waals surface area contributed by atoms with Gasteiger partial charge in [-0.1, -0.05) is 53.6 Å². The molecule has 12 rings (SSSR count). The van der Waals surface area contributed by atoms with Crippen LogP contribution in [0.3, 0.4) is 0 Å². The summed E-state index contributed by atoms with van der Waals surface area (Å²) < 4.78 is 63.9. The fourth-order valence-electron chi connectivity index (χ4n) is 15.0. The van der Waals surface area contributed by atoms with Crippen LogP contribution >= 0.6 is 41.5 Å². The van der Waals surface area contributed by atoms with Gasteiger partial charge in [0.25, 0.3) is 11.6 Å². The quantitative estimate of drug-likeness (QED) is 0.0562.